The standard InChI is InChI=1S/C18H22FN3OS.ClH/c1-11-9-14(7-8-20-11)17(23)22-18-21-12(2)16(24-18)10-13-5-3-4-6-15(13)19;/h3-6,11,14,20H,7-10H2,1-2H3,(H,21,22,23);1H/t11-,14-;/m0./s1. The Morgan fingerprint density at radius 2 is 2.20 bits per heavy atom. The molecule has 0 bridgehead atoms. The minimum absolute atomic E-state index is 0. The van der Waals surface area contributed by atoms with Crippen LogP contribution < -0.4 is 10.6 Å². The number of hydrogen-bond donors (Lipinski definition) is 2. The highest BCUT2D eigenvalue weighted by atomic mass is 35.5. The monoisotopic (exact) mass is 383 g/mol. The number of halogens is 2. The number of piperidine rings is 1. The number of aromatic nitrogens is 1. The molecule has 1 aromatic heterocycles. The Hall–Kier alpha value is -1.50. The molecule has 2 aromatic rings. The van der Waals surface area contributed by atoms with Crippen molar-refractivity contribution in [3.8, 4) is 0 Å². The lowest BCUT2D eigenvalue weighted by Gasteiger charge is -2.26. The van der Waals surface area contributed by atoms with Gasteiger partial charge in [-0.2, -0.15) is 0 Å². The Morgan fingerprint density at radius 3 is 2.92 bits per heavy atom. The smallest absolute Gasteiger partial charge is 0.229 e. The average Bonchev–Trinajstić information content (AvgIpc) is 2.89. The third-order valence-electron chi connectivity index (χ3n) is 4.43. The summed E-state index contributed by atoms with van der Waals surface area (Å²) in [6.07, 6.45) is 2.19. The summed E-state index contributed by atoms with van der Waals surface area (Å²) in [5.74, 6) is -0.144. The molecule has 136 valence electrons. The maximum atomic E-state index is 13.8. The summed E-state index contributed by atoms with van der Waals surface area (Å²) >= 11 is 1.43. The van der Waals surface area contributed by atoms with Crippen molar-refractivity contribution in [2.24, 2.45) is 5.92 Å². The number of aryl methyl sites for hydroxylation is 1. The molecule has 0 spiro atoms. The highest BCUT2D eigenvalue weighted by Crippen LogP contribution is 2.27. The minimum atomic E-state index is -0.209. The molecule has 0 saturated carbocycles. The summed E-state index contributed by atoms with van der Waals surface area (Å²) in [4.78, 5) is 17.8. The van der Waals surface area contributed by atoms with Crippen LogP contribution in [0.2, 0.25) is 0 Å². The first-order chi connectivity index (χ1) is 11.5. The topological polar surface area (TPSA) is 54.0 Å². The average molecular weight is 384 g/mol. The fraction of sp³-hybridized carbons (Fsp3) is 0.444. The molecule has 2 N–H and O–H groups in total. The predicted octanol–water partition coefficient (Wildman–Crippen LogP) is 3.93. The van der Waals surface area contributed by atoms with Gasteiger partial charge in [-0.15, -0.1) is 23.7 Å². The third-order valence-corrected chi connectivity index (χ3v) is 5.50. The van der Waals surface area contributed by atoms with E-state index >= 15 is 0 Å². The van der Waals surface area contributed by atoms with Gasteiger partial charge in [-0.3, -0.25) is 4.79 Å². The van der Waals surface area contributed by atoms with Crippen LogP contribution in [0.25, 0.3) is 0 Å². The van der Waals surface area contributed by atoms with E-state index < -0.39 is 0 Å². The predicted molar refractivity (Wildman–Crippen MR) is 102 cm³/mol. The van der Waals surface area contributed by atoms with Gasteiger partial charge in [-0.25, -0.2) is 9.37 Å². The normalized spacial score (nSPS) is 20.0. The number of carbonyl (C=O) groups excluding carboxylic acids is 1. The first kappa shape index (κ1) is 19.8. The zero-order chi connectivity index (χ0) is 17.1. The van der Waals surface area contributed by atoms with Crippen LogP contribution in [0.15, 0.2) is 24.3 Å². The molecule has 25 heavy (non-hydrogen) atoms. The van der Waals surface area contributed by atoms with Crippen LogP contribution in [0.3, 0.4) is 0 Å². The van der Waals surface area contributed by atoms with E-state index in [1.165, 1.54) is 17.4 Å². The summed E-state index contributed by atoms with van der Waals surface area (Å²) in [5.41, 5.74) is 1.49. The molecule has 3 rings (SSSR count). The van der Waals surface area contributed by atoms with Crippen molar-refractivity contribution in [1.82, 2.24) is 10.3 Å². The van der Waals surface area contributed by atoms with Gasteiger partial charge in [0.05, 0.1) is 5.69 Å². The molecular weight excluding hydrogens is 361 g/mol. The number of thiazole rings is 1. The second-order valence-electron chi connectivity index (χ2n) is 6.36. The van der Waals surface area contributed by atoms with E-state index in [-0.39, 0.29) is 30.0 Å². The summed E-state index contributed by atoms with van der Waals surface area (Å²) in [6.45, 7) is 4.86. The van der Waals surface area contributed by atoms with Gasteiger partial charge in [0.1, 0.15) is 5.82 Å². The lowest BCUT2D eigenvalue weighted by molar-refractivity contribution is -0.120. The second-order valence-corrected chi connectivity index (χ2v) is 7.45. The molecule has 1 fully saturated rings. The number of benzene rings is 1. The van der Waals surface area contributed by atoms with E-state index in [9.17, 15) is 9.18 Å². The molecule has 4 nitrogen and oxygen atoms in total. The van der Waals surface area contributed by atoms with Gasteiger partial charge in [0.25, 0.3) is 0 Å². The molecular formula is C18H23ClFN3OS. The van der Waals surface area contributed by atoms with Gasteiger partial charge >= 0.3 is 0 Å². The first-order valence-electron chi connectivity index (χ1n) is 8.27. The molecule has 2 atom stereocenters. The molecule has 1 amide bonds. The number of amides is 1. The SMILES string of the molecule is Cc1nc(NC(=O)[C@H]2CCN[C@@H](C)C2)sc1Cc1ccccc1F.Cl. The Labute approximate surface area is 157 Å². The highest BCUT2D eigenvalue weighted by molar-refractivity contribution is 7.15. The largest absolute Gasteiger partial charge is 0.314 e. The molecule has 1 aliphatic rings. The number of rotatable bonds is 4. The van der Waals surface area contributed by atoms with Gasteiger partial charge < -0.3 is 10.6 Å². The van der Waals surface area contributed by atoms with Crippen molar-refractivity contribution in [3.63, 3.8) is 0 Å². The van der Waals surface area contributed by atoms with Crippen molar-refractivity contribution in [2.75, 3.05) is 11.9 Å². The summed E-state index contributed by atoms with van der Waals surface area (Å²) < 4.78 is 13.8. The molecule has 7 heteroatoms. The Balaban J connectivity index is 0.00000225. The van der Waals surface area contributed by atoms with Gasteiger partial charge in [0.2, 0.25) is 5.91 Å². The number of hydrogen-bond acceptors (Lipinski definition) is 4. The molecule has 0 radical (unpaired) electrons. The number of carbonyl (C=O) groups is 1. The van der Waals surface area contributed by atoms with Crippen LogP contribution in [0, 0.1) is 18.7 Å². The Morgan fingerprint density at radius 1 is 1.44 bits per heavy atom. The highest BCUT2D eigenvalue weighted by Gasteiger charge is 2.25. The van der Waals surface area contributed by atoms with Crippen LogP contribution in [0.4, 0.5) is 9.52 Å². The second kappa shape index (κ2) is 8.74. The van der Waals surface area contributed by atoms with Gasteiger partial charge in [0.15, 0.2) is 5.13 Å². The van der Waals surface area contributed by atoms with Crippen molar-refractivity contribution in [1.29, 1.82) is 0 Å². The molecule has 0 aliphatic carbocycles. The van der Waals surface area contributed by atoms with E-state index in [0.29, 0.717) is 23.2 Å². The maximum Gasteiger partial charge on any atom is 0.229 e. The maximum absolute atomic E-state index is 13.8. The molecule has 2 heterocycles. The third kappa shape index (κ3) is 5.00. The van der Waals surface area contributed by atoms with Crippen LogP contribution >= 0.6 is 23.7 Å². The zero-order valence-electron chi connectivity index (χ0n) is 14.3. The van der Waals surface area contributed by atoms with E-state index in [4.69, 9.17) is 0 Å². The summed E-state index contributed by atoms with van der Waals surface area (Å²) in [5, 5.41) is 6.90. The Kier molecular flexibility index (Phi) is 6.93. The van der Waals surface area contributed by atoms with Crippen molar-refractivity contribution < 1.29 is 9.18 Å². The van der Waals surface area contributed by atoms with E-state index in [1.807, 2.05) is 13.0 Å². The van der Waals surface area contributed by atoms with Crippen molar-refractivity contribution in [3.05, 3.63) is 46.2 Å². The fourth-order valence-electron chi connectivity index (χ4n) is 3.04. The zero-order valence-corrected chi connectivity index (χ0v) is 16.0. The lowest BCUT2D eigenvalue weighted by atomic mass is 9.93. The van der Waals surface area contributed by atoms with Crippen LogP contribution in [-0.4, -0.2) is 23.5 Å². The number of nitrogens with zero attached hydrogens (tertiary/aromatic N) is 1. The summed E-state index contributed by atoms with van der Waals surface area (Å²) in [7, 11) is 0. The van der Waals surface area contributed by atoms with E-state index in [2.05, 4.69) is 22.5 Å². The quantitative estimate of drug-likeness (QED) is 0.841. The van der Waals surface area contributed by atoms with Gasteiger partial charge in [-0.05, 0) is 44.9 Å². The lowest BCUT2D eigenvalue weighted by Crippen LogP contribution is -2.40. The van der Waals surface area contributed by atoms with Crippen molar-refractivity contribution in [2.45, 2.75) is 39.2 Å². The fourth-order valence-corrected chi connectivity index (χ4v) is 4.03. The van der Waals surface area contributed by atoms with E-state index in [1.54, 1.807) is 12.1 Å². The van der Waals surface area contributed by atoms with E-state index in [0.717, 1.165) is 30.0 Å². The van der Waals surface area contributed by atoms with Gasteiger partial charge in [-0.1, -0.05) is 18.2 Å². The first-order valence-corrected chi connectivity index (χ1v) is 9.08. The summed E-state index contributed by atoms with van der Waals surface area (Å²) in [6, 6.07) is 7.12. The number of anilines is 1. The van der Waals surface area contributed by atoms with Crippen LogP contribution in [0.1, 0.15) is 35.9 Å². The number of nitrogens with one attached hydrogen (secondary N) is 2. The molecule has 1 aromatic carbocycles. The van der Waals surface area contributed by atoms with Crippen LogP contribution in [-0.2, 0) is 11.2 Å². The molecule has 0 unspecified atom stereocenters. The van der Waals surface area contributed by atoms with Crippen molar-refractivity contribution >= 4 is 34.8 Å². The minimum Gasteiger partial charge on any atom is -0.314 e. The molecule has 1 saturated heterocycles. The Bertz CT molecular complexity index is 737. The van der Waals surface area contributed by atoms with Crippen LogP contribution in [0.5, 0.6) is 0 Å². The molecule has 1 aliphatic heterocycles. The van der Waals surface area contributed by atoms with Gasteiger partial charge in [0, 0.05) is 23.3 Å².